The lowest BCUT2D eigenvalue weighted by molar-refractivity contribution is -0.130. The molecule has 106 valence electrons. The average Bonchev–Trinajstić information content (AvgIpc) is 2.52. The van der Waals surface area contributed by atoms with Crippen molar-refractivity contribution in [1.82, 2.24) is 10.9 Å². The highest BCUT2D eigenvalue weighted by Gasteiger charge is 2.20. The summed E-state index contributed by atoms with van der Waals surface area (Å²) >= 11 is 0. The number of rotatable bonds is 3. The third kappa shape index (κ3) is 4.53. The van der Waals surface area contributed by atoms with Crippen LogP contribution in [0.2, 0.25) is 0 Å². The van der Waals surface area contributed by atoms with Gasteiger partial charge in [0.15, 0.2) is 0 Å². The second kappa shape index (κ2) is 7.48. The molecule has 0 heterocycles. The van der Waals surface area contributed by atoms with Gasteiger partial charge in [0.05, 0.1) is 0 Å². The van der Waals surface area contributed by atoms with Crippen molar-refractivity contribution in [2.45, 2.75) is 32.1 Å². The van der Waals surface area contributed by atoms with Crippen molar-refractivity contribution >= 4 is 17.9 Å². The van der Waals surface area contributed by atoms with Gasteiger partial charge < -0.3 is 0 Å². The molecular weight excluding hydrogens is 252 g/mol. The molecule has 1 fully saturated rings. The van der Waals surface area contributed by atoms with Crippen LogP contribution in [0.15, 0.2) is 36.4 Å². The van der Waals surface area contributed by atoms with Crippen molar-refractivity contribution in [2.24, 2.45) is 5.92 Å². The zero-order chi connectivity index (χ0) is 14.2. The van der Waals surface area contributed by atoms with Gasteiger partial charge in [0.25, 0.3) is 5.91 Å². The van der Waals surface area contributed by atoms with Crippen molar-refractivity contribution in [3.8, 4) is 0 Å². The third-order valence-electron chi connectivity index (χ3n) is 3.51. The summed E-state index contributed by atoms with van der Waals surface area (Å²) in [5, 5.41) is 0. The molecule has 0 saturated heterocycles. The molecule has 1 aromatic carbocycles. The highest BCUT2D eigenvalue weighted by atomic mass is 16.2. The quantitative estimate of drug-likeness (QED) is 0.656. The van der Waals surface area contributed by atoms with Gasteiger partial charge in [-0.15, -0.1) is 0 Å². The maximum Gasteiger partial charge on any atom is 0.262 e. The number of benzene rings is 1. The van der Waals surface area contributed by atoms with E-state index in [1.54, 1.807) is 6.08 Å². The van der Waals surface area contributed by atoms with Gasteiger partial charge in [-0.3, -0.25) is 20.4 Å². The predicted molar refractivity (Wildman–Crippen MR) is 78.3 cm³/mol. The van der Waals surface area contributed by atoms with Crippen molar-refractivity contribution < 1.29 is 9.59 Å². The minimum atomic E-state index is -0.321. The molecule has 2 N–H and O–H groups in total. The molecule has 0 aromatic heterocycles. The smallest absolute Gasteiger partial charge is 0.262 e. The number of carbonyl (C=O) groups excluding carboxylic acids is 2. The fourth-order valence-corrected chi connectivity index (χ4v) is 2.37. The normalized spacial score (nSPS) is 16.0. The Kier molecular flexibility index (Phi) is 5.35. The highest BCUT2D eigenvalue weighted by molar-refractivity contribution is 5.93. The first-order valence-electron chi connectivity index (χ1n) is 7.08. The Bertz CT molecular complexity index is 477. The van der Waals surface area contributed by atoms with Crippen LogP contribution in [0.25, 0.3) is 6.08 Å². The molecule has 4 nitrogen and oxygen atoms in total. The molecule has 0 aliphatic heterocycles. The number of nitrogens with one attached hydrogen (secondary N) is 2. The molecule has 0 spiro atoms. The maximum atomic E-state index is 11.8. The molecule has 0 bridgehead atoms. The summed E-state index contributed by atoms with van der Waals surface area (Å²) in [5.41, 5.74) is 5.87. The van der Waals surface area contributed by atoms with E-state index in [4.69, 9.17) is 0 Å². The molecule has 2 amide bonds. The minimum absolute atomic E-state index is 0.0437. The molecule has 1 aliphatic carbocycles. The van der Waals surface area contributed by atoms with Crippen LogP contribution in [0.3, 0.4) is 0 Å². The Morgan fingerprint density at radius 1 is 1.00 bits per heavy atom. The summed E-state index contributed by atoms with van der Waals surface area (Å²) in [5.74, 6) is -0.355. The second-order valence-electron chi connectivity index (χ2n) is 5.06. The van der Waals surface area contributed by atoms with Gasteiger partial charge in [0.1, 0.15) is 0 Å². The van der Waals surface area contributed by atoms with Crippen LogP contribution in [0.1, 0.15) is 37.7 Å². The summed E-state index contributed by atoms with van der Waals surface area (Å²) in [6, 6.07) is 9.54. The molecule has 1 aliphatic rings. The minimum Gasteiger partial charge on any atom is -0.273 e. The lowest BCUT2D eigenvalue weighted by Crippen LogP contribution is -2.44. The van der Waals surface area contributed by atoms with Gasteiger partial charge in [0.2, 0.25) is 5.91 Å². The second-order valence-corrected chi connectivity index (χ2v) is 5.06. The SMILES string of the molecule is O=C(/C=C/c1ccccc1)NNC(=O)C1CCCCC1. The molecule has 1 saturated carbocycles. The Labute approximate surface area is 119 Å². The molecule has 0 unspecified atom stereocenters. The zero-order valence-electron chi connectivity index (χ0n) is 11.5. The number of amides is 2. The number of carbonyl (C=O) groups is 2. The Morgan fingerprint density at radius 2 is 1.70 bits per heavy atom. The summed E-state index contributed by atoms with van der Waals surface area (Å²) in [7, 11) is 0. The average molecular weight is 272 g/mol. The van der Waals surface area contributed by atoms with E-state index in [0.717, 1.165) is 31.2 Å². The Hall–Kier alpha value is -2.10. The van der Waals surface area contributed by atoms with E-state index in [1.165, 1.54) is 12.5 Å². The first-order chi connectivity index (χ1) is 9.75. The Morgan fingerprint density at radius 3 is 2.40 bits per heavy atom. The highest BCUT2D eigenvalue weighted by Crippen LogP contribution is 2.23. The van der Waals surface area contributed by atoms with Crippen molar-refractivity contribution in [3.63, 3.8) is 0 Å². The van der Waals surface area contributed by atoms with E-state index in [2.05, 4.69) is 10.9 Å². The number of hydrazine groups is 1. The topological polar surface area (TPSA) is 58.2 Å². The monoisotopic (exact) mass is 272 g/mol. The van der Waals surface area contributed by atoms with E-state index < -0.39 is 0 Å². The first kappa shape index (κ1) is 14.3. The van der Waals surface area contributed by atoms with E-state index in [1.807, 2.05) is 30.3 Å². The van der Waals surface area contributed by atoms with Gasteiger partial charge in [0, 0.05) is 12.0 Å². The van der Waals surface area contributed by atoms with Gasteiger partial charge in [-0.2, -0.15) is 0 Å². The van der Waals surface area contributed by atoms with Crippen molar-refractivity contribution in [1.29, 1.82) is 0 Å². The van der Waals surface area contributed by atoms with E-state index >= 15 is 0 Å². The van der Waals surface area contributed by atoms with Crippen LogP contribution in [0.5, 0.6) is 0 Å². The third-order valence-corrected chi connectivity index (χ3v) is 3.51. The fraction of sp³-hybridized carbons (Fsp3) is 0.375. The summed E-state index contributed by atoms with van der Waals surface area (Å²) in [4.78, 5) is 23.4. The van der Waals surface area contributed by atoms with Gasteiger partial charge in [-0.1, -0.05) is 49.6 Å². The lowest BCUT2D eigenvalue weighted by Gasteiger charge is -2.20. The van der Waals surface area contributed by atoms with Crippen LogP contribution >= 0.6 is 0 Å². The van der Waals surface area contributed by atoms with E-state index in [-0.39, 0.29) is 17.7 Å². The fourth-order valence-electron chi connectivity index (χ4n) is 2.37. The van der Waals surface area contributed by atoms with E-state index in [0.29, 0.717) is 0 Å². The van der Waals surface area contributed by atoms with Crippen LogP contribution in [-0.4, -0.2) is 11.8 Å². The van der Waals surface area contributed by atoms with Gasteiger partial charge >= 0.3 is 0 Å². The summed E-state index contributed by atoms with van der Waals surface area (Å²) in [6.07, 6.45) is 8.36. The van der Waals surface area contributed by atoms with Crippen LogP contribution in [0.4, 0.5) is 0 Å². The van der Waals surface area contributed by atoms with Crippen LogP contribution < -0.4 is 10.9 Å². The van der Waals surface area contributed by atoms with Gasteiger partial charge in [-0.05, 0) is 24.5 Å². The lowest BCUT2D eigenvalue weighted by atomic mass is 9.89. The molecular formula is C16H20N2O2. The molecule has 2 rings (SSSR count). The largest absolute Gasteiger partial charge is 0.273 e. The molecule has 1 aromatic rings. The van der Waals surface area contributed by atoms with Crippen LogP contribution in [-0.2, 0) is 9.59 Å². The summed E-state index contributed by atoms with van der Waals surface area (Å²) < 4.78 is 0. The predicted octanol–water partition coefficient (Wildman–Crippen LogP) is 2.43. The first-order valence-corrected chi connectivity index (χ1v) is 7.08. The molecule has 0 radical (unpaired) electrons. The maximum absolute atomic E-state index is 11.8. The van der Waals surface area contributed by atoms with Crippen molar-refractivity contribution in [3.05, 3.63) is 42.0 Å². The Balaban J connectivity index is 1.74. The van der Waals surface area contributed by atoms with Crippen molar-refractivity contribution in [2.75, 3.05) is 0 Å². The summed E-state index contributed by atoms with van der Waals surface area (Å²) in [6.45, 7) is 0. The molecule has 0 atom stereocenters. The van der Waals surface area contributed by atoms with Gasteiger partial charge in [-0.25, -0.2) is 0 Å². The zero-order valence-corrected chi connectivity index (χ0v) is 11.5. The van der Waals surface area contributed by atoms with Crippen LogP contribution in [0, 0.1) is 5.92 Å². The molecule has 20 heavy (non-hydrogen) atoms. The van der Waals surface area contributed by atoms with E-state index in [9.17, 15) is 9.59 Å². The number of hydrogen-bond donors (Lipinski definition) is 2. The molecule has 4 heteroatoms. The standard InChI is InChI=1S/C16H20N2O2/c19-15(12-11-13-7-3-1-4-8-13)17-18-16(20)14-9-5-2-6-10-14/h1,3-4,7-8,11-12,14H,2,5-6,9-10H2,(H,17,19)(H,18,20)/b12-11+. The number of hydrogen-bond acceptors (Lipinski definition) is 2.